The molecule has 132 valence electrons. The van der Waals surface area contributed by atoms with E-state index in [4.69, 9.17) is 10.5 Å². The number of hydrogen-bond acceptors (Lipinski definition) is 4. The topological polar surface area (TPSA) is 58.8 Å². The molecule has 1 aliphatic heterocycles. The van der Waals surface area contributed by atoms with Gasteiger partial charge in [-0.3, -0.25) is 9.69 Å². The van der Waals surface area contributed by atoms with E-state index >= 15 is 0 Å². The van der Waals surface area contributed by atoms with Crippen molar-refractivity contribution in [3.05, 3.63) is 35.9 Å². The predicted molar refractivity (Wildman–Crippen MR) is 94.8 cm³/mol. The number of amides is 1. The molecular weight excluding hydrogens is 302 g/mol. The molecule has 1 saturated heterocycles. The number of carbonyl (C=O) groups is 1. The highest BCUT2D eigenvalue weighted by atomic mass is 16.5. The average molecular weight is 331 g/mol. The van der Waals surface area contributed by atoms with Gasteiger partial charge in [0.25, 0.3) is 0 Å². The molecule has 1 aromatic carbocycles. The van der Waals surface area contributed by atoms with Crippen LogP contribution in [0.2, 0.25) is 0 Å². The van der Waals surface area contributed by atoms with E-state index in [0.717, 1.165) is 39.3 Å². The fourth-order valence-electron chi connectivity index (χ4n) is 4.04. The number of methoxy groups -OCH3 is 1. The van der Waals surface area contributed by atoms with Crippen molar-refractivity contribution in [3.8, 4) is 0 Å². The van der Waals surface area contributed by atoms with Crippen LogP contribution in [-0.2, 0) is 14.9 Å². The molecule has 0 bridgehead atoms. The zero-order valence-electron chi connectivity index (χ0n) is 14.6. The van der Waals surface area contributed by atoms with Crippen LogP contribution in [0.3, 0.4) is 0 Å². The quantitative estimate of drug-likeness (QED) is 0.812. The van der Waals surface area contributed by atoms with Gasteiger partial charge in [0.1, 0.15) is 0 Å². The van der Waals surface area contributed by atoms with Crippen molar-refractivity contribution in [3.63, 3.8) is 0 Å². The van der Waals surface area contributed by atoms with E-state index in [0.29, 0.717) is 18.9 Å². The Balaban J connectivity index is 1.61. The Morgan fingerprint density at radius 3 is 2.58 bits per heavy atom. The molecule has 0 unspecified atom stereocenters. The summed E-state index contributed by atoms with van der Waals surface area (Å²) in [6.07, 6.45) is 1.65. The Labute approximate surface area is 144 Å². The predicted octanol–water partition coefficient (Wildman–Crippen LogP) is 1.08. The van der Waals surface area contributed by atoms with Crippen LogP contribution in [0.15, 0.2) is 30.3 Å². The van der Waals surface area contributed by atoms with E-state index in [2.05, 4.69) is 35.2 Å². The van der Waals surface area contributed by atoms with Crippen LogP contribution in [0.25, 0.3) is 0 Å². The molecule has 1 heterocycles. The molecule has 24 heavy (non-hydrogen) atoms. The van der Waals surface area contributed by atoms with Gasteiger partial charge >= 0.3 is 0 Å². The van der Waals surface area contributed by atoms with E-state index in [-0.39, 0.29) is 11.3 Å². The third-order valence-electron chi connectivity index (χ3n) is 5.54. The number of carbonyl (C=O) groups excluding carboxylic acids is 1. The molecule has 2 atom stereocenters. The van der Waals surface area contributed by atoms with Crippen LogP contribution in [0, 0.1) is 5.92 Å². The van der Waals surface area contributed by atoms with Gasteiger partial charge in [0, 0.05) is 64.8 Å². The highest BCUT2D eigenvalue weighted by molar-refractivity contribution is 5.76. The lowest BCUT2D eigenvalue weighted by molar-refractivity contribution is -0.132. The van der Waals surface area contributed by atoms with Crippen molar-refractivity contribution in [2.75, 3.05) is 53.0 Å². The van der Waals surface area contributed by atoms with Crippen molar-refractivity contribution in [2.45, 2.75) is 18.3 Å². The average Bonchev–Trinajstić information content (AvgIpc) is 3.30. The molecule has 3 rings (SSSR count). The van der Waals surface area contributed by atoms with Gasteiger partial charge in [0.15, 0.2) is 0 Å². The van der Waals surface area contributed by atoms with Crippen molar-refractivity contribution in [1.82, 2.24) is 9.80 Å². The highest BCUT2D eigenvalue weighted by Gasteiger charge is 2.55. The van der Waals surface area contributed by atoms with Gasteiger partial charge in [-0.2, -0.15) is 0 Å². The highest BCUT2D eigenvalue weighted by Crippen LogP contribution is 2.54. The summed E-state index contributed by atoms with van der Waals surface area (Å²) >= 11 is 0. The molecule has 2 fully saturated rings. The number of rotatable bonds is 7. The maximum Gasteiger partial charge on any atom is 0.223 e. The maximum absolute atomic E-state index is 12.0. The van der Waals surface area contributed by atoms with Crippen LogP contribution in [0.5, 0.6) is 0 Å². The molecule has 5 heteroatoms. The SMILES string of the molecule is COC[C@@H]1C[C@@]1(CN1CCN(C(=O)CCN)CC1)c1ccccc1. The first kappa shape index (κ1) is 17.4. The molecule has 0 spiro atoms. The zero-order valence-corrected chi connectivity index (χ0v) is 14.6. The molecule has 1 amide bonds. The van der Waals surface area contributed by atoms with E-state index < -0.39 is 0 Å². The summed E-state index contributed by atoms with van der Waals surface area (Å²) in [4.78, 5) is 16.4. The summed E-state index contributed by atoms with van der Waals surface area (Å²) in [7, 11) is 1.79. The first-order valence-electron chi connectivity index (χ1n) is 8.94. The zero-order chi connectivity index (χ0) is 17.0. The van der Waals surface area contributed by atoms with E-state index in [1.165, 1.54) is 12.0 Å². The number of benzene rings is 1. The van der Waals surface area contributed by atoms with Crippen molar-refractivity contribution in [2.24, 2.45) is 11.7 Å². The van der Waals surface area contributed by atoms with Gasteiger partial charge in [0.2, 0.25) is 5.91 Å². The number of hydrogen-bond donors (Lipinski definition) is 1. The number of ether oxygens (including phenoxy) is 1. The minimum Gasteiger partial charge on any atom is -0.384 e. The second kappa shape index (κ2) is 7.64. The first-order valence-corrected chi connectivity index (χ1v) is 8.94. The Morgan fingerprint density at radius 2 is 1.96 bits per heavy atom. The van der Waals surface area contributed by atoms with Crippen LogP contribution in [-0.4, -0.2) is 68.7 Å². The van der Waals surface area contributed by atoms with Crippen molar-refractivity contribution in [1.29, 1.82) is 0 Å². The normalized spacial score (nSPS) is 27.2. The molecule has 0 aromatic heterocycles. The maximum atomic E-state index is 12.0. The van der Waals surface area contributed by atoms with Gasteiger partial charge in [-0.25, -0.2) is 0 Å². The smallest absolute Gasteiger partial charge is 0.223 e. The van der Waals surface area contributed by atoms with Gasteiger partial charge in [0.05, 0.1) is 0 Å². The summed E-state index contributed by atoms with van der Waals surface area (Å²) in [5.74, 6) is 0.792. The third-order valence-corrected chi connectivity index (χ3v) is 5.54. The van der Waals surface area contributed by atoms with Crippen LogP contribution < -0.4 is 5.73 Å². The van der Waals surface area contributed by atoms with E-state index in [9.17, 15) is 4.79 Å². The lowest BCUT2D eigenvalue weighted by Crippen LogP contribution is -2.51. The molecule has 0 radical (unpaired) electrons. The standard InChI is InChI=1S/C19H29N3O2/c1-24-14-17-13-19(17,16-5-3-2-4-6-16)15-21-9-11-22(12-10-21)18(23)7-8-20/h2-6,17H,7-15,20H2,1H3/t17-,19+/m0/s1. The molecule has 2 aliphatic rings. The summed E-state index contributed by atoms with van der Waals surface area (Å²) in [5, 5.41) is 0. The minimum atomic E-state index is 0.193. The summed E-state index contributed by atoms with van der Waals surface area (Å²) in [6, 6.07) is 10.8. The Kier molecular flexibility index (Phi) is 5.54. The number of piperazine rings is 1. The fraction of sp³-hybridized carbons (Fsp3) is 0.632. The Morgan fingerprint density at radius 1 is 1.25 bits per heavy atom. The lowest BCUT2D eigenvalue weighted by atomic mass is 9.92. The second-order valence-corrected chi connectivity index (χ2v) is 7.07. The molecule has 1 aromatic rings. The van der Waals surface area contributed by atoms with Gasteiger partial charge in [-0.15, -0.1) is 0 Å². The Bertz CT molecular complexity index is 543. The van der Waals surface area contributed by atoms with Gasteiger partial charge in [-0.05, 0) is 17.9 Å². The summed E-state index contributed by atoms with van der Waals surface area (Å²) < 4.78 is 5.42. The molecule has 1 saturated carbocycles. The number of nitrogens with zero attached hydrogens (tertiary/aromatic N) is 2. The second-order valence-electron chi connectivity index (χ2n) is 7.07. The van der Waals surface area contributed by atoms with Crippen molar-refractivity contribution < 1.29 is 9.53 Å². The third kappa shape index (κ3) is 3.63. The van der Waals surface area contributed by atoms with E-state index in [1.54, 1.807) is 7.11 Å². The molecular formula is C19H29N3O2. The van der Waals surface area contributed by atoms with Gasteiger partial charge in [-0.1, -0.05) is 30.3 Å². The largest absolute Gasteiger partial charge is 0.384 e. The van der Waals surface area contributed by atoms with Gasteiger partial charge < -0.3 is 15.4 Å². The van der Waals surface area contributed by atoms with Crippen LogP contribution >= 0.6 is 0 Å². The molecule has 1 aliphatic carbocycles. The van der Waals surface area contributed by atoms with Crippen LogP contribution in [0.1, 0.15) is 18.4 Å². The monoisotopic (exact) mass is 331 g/mol. The first-order chi connectivity index (χ1) is 11.7. The lowest BCUT2D eigenvalue weighted by Gasteiger charge is -2.37. The van der Waals surface area contributed by atoms with Crippen LogP contribution in [0.4, 0.5) is 0 Å². The molecule has 2 N–H and O–H groups in total. The summed E-state index contributed by atoms with van der Waals surface area (Å²) in [6.45, 7) is 5.86. The fourth-order valence-corrected chi connectivity index (χ4v) is 4.04. The van der Waals surface area contributed by atoms with E-state index in [1.807, 2.05) is 4.90 Å². The number of nitrogens with two attached hydrogens (primary N) is 1. The van der Waals surface area contributed by atoms with Crippen molar-refractivity contribution >= 4 is 5.91 Å². The minimum absolute atomic E-state index is 0.193. The Hall–Kier alpha value is -1.43. The molecule has 5 nitrogen and oxygen atoms in total. The summed E-state index contributed by atoms with van der Waals surface area (Å²) in [5.41, 5.74) is 7.14.